The number of thioether (sulfide) groups is 1. The summed E-state index contributed by atoms with van der Waals surface area (Å²) in [5.74, 6) is 1.98. The molecule has 0 radical (unpaired) electrons. The number of fused-ring (bicyclic) bond motifs is 1. The van der Waals surface area contributed by atoms with E-state index >= 15 is 0 Å². The van der Waals surface area contributed by atoms with Gasteiger partial charge < -0.3 is 9.80 Å². The predicted molar refractivity (Wildman–Crippen MR) is 132 cm³/mol. The minimum Gasteiger partial charge on any atom is -0.369 e. The third kappa shape index (κ3) is 4.78. The number of hydrogen-bond acceptors (Lipinski definition) is 5. The highest BCUT2D eigenvalue weighted by atomic mass is 32.2. The number of aryl methyl sites for hydroxylation is 1. The summed E-state index contributed by atoms with van der Waals surface area (Å²) in [5, 5.41) is 4.86. The molecule has 1 aliphatic carbocycles. The van der Waals surface area contributed by atoms with Crippen molar-refractivity contribution in [2.45, 2.75) is 45.2 Å². The maximum atomic E-state index is 13.4. The third-order valence-electron chi connectivity index (χ3n) is 7.28. The van der Waals surface area contributed by atoms with E-state index in [1.807, 2.05) is 28.8 Å². The Labute approximate surface area is 200 Å². The van der Waals surface area contributed by atoms with Crippen LogP contribution in [-0.4, -0.2) is 82.3 Å². The molecule has 2 fully saturated rings. The fourth-order valence-corrected chi connectivity index (χ4v) is 6.37. The van der Waals surface area contributed by atoms with Crippen LogP contribution in [0.2, 0.25) is 0 Å². The first kappa shape index (κ1) is 22.7. The molecule has 0 saturated carbocycles. The largest absolute Gasteiger partial charge is 0.369 e. The van der Waals surface area contributed by atoms with E-state index in [0.717, 1.165) is 88.7 Å². The number of halogens is 1. The summed E-state index contributed by atoms with van der Waals surface area (Å²) in [5.41, 5.74) is 4.28. The van der Waals surface area contributed by atoms with Crippen LogP contribution < -0.4 is 4.90 Å². The molecule has 0 N–H and O–H groups in total. The minimum atomic E-state index is -0.187. The van der Waals surface area contributed by atoms with E-state index in [2.05, 4.69) is 21.4 Å². The second kappa shape index (κ2) is 10.1. The second-order valence-electron chi connectivity index (χ2n) is 9.30. The number of amides is 1. The number of carbonyl (C=O) groups is 1. The van der Waals surface area contributed by atoms with E-state index in [9.17, 15) is 9.18 Å². The number of aromatic nitrogens is 2. The van der Waals surface area contributed by atoms with Crippen LogP contribution in [0.4, 0.5) is 10.1 Å². The lowest BCUT2D eigenvalue weighted by atomic mass is 9.89. The summed E-state index contributed by atoms with van der Waals surface area (Å²) in [6.45, 7) is 8.58. The molecule has 2 aliphatic heterocycles. The van der Waals surface area contributed by atoms with Gasteiger partial charge in [0, 0.05) is 80.3 Å². The highest BCUT2D eigenvalue weighted by Gasteiger charge is 2.34. The van der Waals surface area contributed by atoms with Gasteiger partial charge in [0.1, 0.15) is 5.82 Å². The Morgan fingerprint density at radius 3 is 2.52 bits per heavy atom. The van der Waals surface area contributed by atoms with Gasteiger partial charge in [-0.2, -0.15) is 16.9 Å². The van der Waals surface area contributed by atoms with Gasteiger partial charge in [-0.1, -0.05) is 6.92 Å². The Bertz CT molecular complexity index is 964. The maximum Gasteiger partial charge on any atom is 0.274 e. The van der Waals surface area contributed by atoms with Crippen LogP contribution >= 0.6 is 11.8 Å². The molecule has 2 aromatic rings. The summed E-state index contributed by atoms with van der Waals surface area (Å²) in [6.07, 6.45) is 4.05. The smallest absolute Gasteiger partial charge is 0.274 e. The monoisotopic (exact) mass is 471 g/mol. The normalized spacial score (nSPS) is 21.8. The molecule has 1 aromatic heterocycles. The molecule has 1 amide bonds. The summed E-state index contributed by atoms with van der Waals surface area (Å²) in [6, 6.07) is 7.28. The summed E-state index contributed by atoms with van der Waals surface area (Å²) in [7, 11) is 0. The molecule has 0 bridgehead atoms. The first-order valence-electron chi connectivity index (χ1n) is 12.3. The van der Waals surface area contributed by atoms with Gasteiger partial charge >= 0.3 is 0 Å². The van der Waals surface area contributed by atoms with Crippen molar-refractivity contribution in [3.63, 3.8) is 0 Å². The SMILES string of the molecule is CCCn1nc(C(=O)N2CCSCC2)c2c1CCC(N1CCN(c3ccc(F)cc3)CC1)C2. The topological polar surface area (TPSA) is 44.6 Å². The number of nitrogens with zero attached hydrogens (tertiary/aromatic N) is 5. The summed E-state index contributed by atoms with van der Waals surface area (Å²) >= 11 is 1.92. The van der Waals surface area contributed by atoms with E-state index < -0.39 is 0 Å². The molecular weight excluding hydrogens is 437 g/mol. The molecule has 1 aromatic carbocycles. The van der Waals surface area contributed by atoms with Crippen molar-refractivity contribution in [2.24, 2.45) is 0 Å². The molecule has 3 heterocycles. The van der Waals surface area contributed by atoms with Gasteiger partial charge in [0.15, 0.2) is 5.69 Å². The Hall–Kier alpha value is -2.06. The van der Waals surface area contributed by atoms with Gasteiger partial charge in [0.25, 0.3) is 5.91 Å². The van der Waals surface area contributed by atoms with E-state index in [4.69, 9.17) is 5.10 Å². The molecule has 178 valence electrons. The van der Waals surface area contributed by atoms with Crippen LogP contribution in [0.3, 0.4) is 0 Å². The van der Waals surface area contributed by atoms with Crippen molar-refractivity contribution in [3.05, 3.63) is 47.0 Å². The molecule has 5 rings (SSSR count). The van der Waals surface area contributed by atoms with Gasteiger partial charge in [-0.25, -0.2) is 4.39 Å². The van der Waals surface area contributed by atoms with Crippen LogP contribution in [-0.2, 0) is 19.4 Å². The molecule has 1 atom stereocenters. The van der Waals surface area contributed by atoms with Crippen LogP contribution in [0.5, 0.6) is 0 Å². The minimum absolute atomic E-state index is 0.128. The van der Waals surface area contributed by atoms with Crippen LogP contribution in [0.1, 0.15) is 41.5 Å². The van der Waals surface area contributed by atoms with Crippen LogP contribution in [0.25, 0.3) is 0 Å². The number of piperazine rings is 1. The zero-order valence-electron chi connectivity index (χ0n) is 19.5. The molecule has 2 saturated heterocycles. The predicted octanol–water partition coefficient (Wildman–Crippen LogP) is 3.30. The highest BCUT2D eigenvalue weighted by molar-refractivity contribution is 7.99. The van der Waals surface area contributed by atoms with Crippen molar-refractivity contribution in [1.82, 2.24) is 19.6 Å². The van der Waals surface area contributed by atoms with Gasteiger partial charge in [0.2, 0.25) is 0 Å². The fourth-order valence-electron chi connectivity index (χ4n) is 5.46. The van der Waals surface area contributed by atoms with Gasteiger partial charge in [0.05, 0.1) is 0 Å². The molecule has 3 aliphatic rings. The maximum absolute atomic E-state index is 13.4. The number of benzene rings is 1. The molecule has 8 heteroatoms. The van der Waals surface area contributed by atoms with E-state index in [1.165, 1.54) is 23.4 Å². The molecule has 6 nitrogen and oxygen atoms in total. The zero-order chi connectivity index (χ0) is 22.8. The number of anilines is 1. The fraction of sp³-hybridized carbons (Fsp3) is 0.600. The van der Waals surface area contributed by atoms with Crippen molar-refractivity contribution in [1.29, 1.82) is 0 Å². The molecular formula is C25H34FN5OS. The van der Waals surface area contributed by atoms with Crippen molar-refractivity contribution in [3.8, 4) is 0 Å². The number of rotatable bonds is 5. The second-order valence-corrected chi connectivity index (χ2v) is 10.5. The van der Waals surface area contributed by atoms with Crippen molar-refractivity contribution >= 4 is 23.4 Å². The van der Waals surface area contributed by atoms with Crippen LogP contribution in [0, 0.1) is 5.82 Å². The van der Waals surface area contributed by atoms with E-state index in [-0.39, 0.29) is 11.7 Å². The lowest BCUT2D eigenvalue weighted by Gasteiger charge is -2.41. The van der Waals surface area contributed by atoms with Crippen LogP contribution in [0.15, 0.2) is 24.3 Å². The Kier molecular flexibility index (Phi) is 6.92. The third-order valence-corrected chi connectivity index (χ3v) is 8.22. The number of hydrogen-bond donors (Lipinski definition) is 0. The Balaban J connectivity index is 1.29. The summed E-state index contributed by atoms with van der Waals surface area (Å²) in [4.78, 5) is 20.3. The van der Waals surface area contributed by atoms with E-state index in [1.54, 1.807) is 0 Å². The first-order chi connectivity index (χ1) is 16.1. The summed E-state index contributed by atoms with van der Waals surface area (Å²) < 4.78 is 15.4. The molecule has 1 unspecified atom stereocenters. The first-order valence-corrected chi connectivity index (χ1v) is 13.5. The lowest BCUT2D eigenvalue weighted by molar-refractivity contribution is 0.0763. The highest BCUT2D eigenvalue weighted by Crippen LogP contribution is 2.30. The average Bonchev–Trinajstić information content (AvgIpc) is 3.22. The number of carbonyl (C=O) groups excluding carboxylic acids is 1. The van der Waals surface area contributed by atoms with Gasteiger partial charge in [-0.3, -0.25) is 14.4 Å². The van der Waals surface area contributed by atoms with Gasteiger partial charge in [-0.05, 0) is 49.9 Å². The van der Waals surface area contributed by atoms with E-state index in [0.29, 0.717) is 11.7 Å². The van der Waals surface area contributed by atoms with Crippen molar-refractivity contribution in [2.75, 3.05) is 55.7 Å². The quantitative estimate of drug-likeness (QED) is 0.670. The Morgan fingerprint density at radius 1 is 1.09 bits per heavy atom. The van der Waals surface area contributed by atoms with Crippen molar-refractivity contribution < 1.29 is 9.18 Å². The molecule has 33 heavy (non-hydrogen) atoms. The van der Waals surface area contributed by atoms with Gasteiger partial charge in [-0.15, -0.1) is 0 Å². The zero-order valence-corrected chi connectivity index (χ0v) is 20.3. The Morgan fingerprint density at radius 2 is 1.82 bits per heavy atom. The molecule has 0 spiro atoms. The lowest BCUT2D eigenvalue weighted by Crippen LogP contribution is -2.52. The standard InChI is InChI=1S/C25H34FN5OS/c1-2-9-31-23-8-7-21(18-22(23)24(27-31)25(32)30-14-16-33-17-15-30)29-12-10-28(11-13-29)20-5-3-19(26)4-6-20/h3-6,21H,2,7-18H2,1H3. The average molecular weight is 472 g/mol.